The molecule has 0 spiro atoms. The standard InChI is InChI=1S/C13H20N2O4/c1-5-15-8(2)6-10(9(15)3)11(16)14-7-13(4,19)12(17)18/h6,19H,5,7H2,1-4H3,(H,14,16)(H,17,18). The molecule has 1 rings (SSSR count). The van der Waals surface area contributed by atoms with Crippen molar-refractivity contribution in [2.45, 2.75) is 39.8 Å². The smallest absolute Gasteiger partial charge is 0.337 e. The molecule has 1 unspecified atom stereocenters. The quantitative estimate of drug-likeness (QED) is 0.732. The van der Waals surface area contributed by atoms with Gasteiger partial charge in [-0.05, 0) is 33.8 Å². The maximum atomic E-state index is 12.0. The summed E-state index contributed by atoms with van der Waals surface area (Å²) < 4.78 is 1.99. The van der Waals surface area contributed by atoms with E-state index >= 15 is 0 Å². The van der Waals surface area contributed by atoms with Crippen LogP contribution in [0.3, 0.4) is 0 Å². The molecular formula is C13H20N2O4. The lowest BCUT2D eigenvalue weighted by atomic mass is 10.1. The van der Waals surface area contributed by atoms with Crippen LogP contribution < -0.4 is 5.32 Å². The third-order valence-electron chi connectivity index (χ3n) is 3.19. The lowest BCUT2D eigenvalue weighted by molar-refractivity contribution is -0.155. The van der Waals surface area contributed by atoms with E-state index in [0.29, 0.717) is 5.56 Å². The molecule has 1 aromatic rings. The Morgan fingerprint density at radius 2 is 2.00 bits per heavy atom. The van der Waals surface area contributed by atoms with Crippen LogP contribution >= 0.6 is 0 Å². The first-order valence-corrected chi connectivity index (χ1v) is 6.11. The van der Waals surface area contributed by atoms with E-state index in [1.165, 1.54) is 0 Å². The Bertz CT molecular complexity index is 503. The first-order valence-electron chi connectivity index (χ1n) is 6.11. The van der Waals surface area contributed by atoms with Gasteiger partial charge in [-0.25, -0.2) is 4.79 Å². The molecule has 3 N–H and O–H groups in total. The average Bonchev–Trinajstić information content (AvgIpc) is 2.61. The van der Waals surface area contributed by atoms with Crippen LogP contribution in [0.1, 0.15) is 35.6 Å². The zero-order valence-electron chi connectivity index (χ0n) is 11.6. The molecule has 0 aliphatic rings. The van der Waals surface area contributed by atoms with Crippen LogP contribution in [0.25, 0.3) is 0 Å². The molecule has 1 amide bonds. The van der Waals surface area contributed by atoms with Crippen molar-refractivity contribution in [3.05, 3.63) is 23.0 Å². The van der Waals surface area contributed by atoms with Gasteiger partial charge >= 0.3 is 5.97 Å². The van der Waals surface area contributed by atoms with Gasteiger partial charge in [0.2, 0.25) is 0 Å². The van der Waals surface area contributed by atoms with Gasteiger partial charge in [0.15, 0.2) is 5.60 Å². The summed E-state index contributed by atoms with van der Waals surface area (Å²) in [6.45, 7) is 7.29. The number of aryl methyl sites for hydroxylation is 1. The van der Waals surface area contributed by atoms with Crippen molar-refractivity contribution in [1.29, 1.82) is 0 Å². The molecule has 0 saturated heterocycles. The number of carbonyl (C=O) groups excluding carboxylic acids is 1. The minimum absolute atomic E-state index is 0.336. The number of hydrogen-bond acceptors (Lipinski definition) is 3. The molecule has 0 aromatic carbocycles. The summed E-state index contributed by atoms with van der Waals surface area (Å²) in [6.07, 6.45) is 0. The van der Waals surface area contributed by atoms with E-state index in [1.807, 2.05) is 25.3 Å². The van der Waals surface area contributed by atoms with Gasteiger partial charge in [0, 0.05) is 17.9 Å². The molecule has 0 radical (unpaired) electrons. The van der Waals surface area contributed by atoms with E-state index in [4.69, 9.17) is 5.11 Å². The van der Waals surface area contributed by atoms with E-state index in [9.17, 15) is 14.7 Å². The predicted molar refractivity (Wildman–Crippen MR) is 70.2 cm³/mol. The molecular weight excluding hydrogens is 248 g/mol. The predicted octanol–water partition coefficient (Wildman–Crippen LogP) is 0.690. The number of aliphatic carboxylic acids is 1. The van der Waals surface area contributed by atoms with Gasteiger partial charge in [0.25, 0.3) is 5.91 Å². The number of carboxylic acid groups (broad SMARTS) is 1. The summed E-state index contributed by atoms with van der Waals surface area (Å²) in [5, 5.41) is 20.7. The van der Waals surface area contributed by atoms with Crippen molar-refractivity contribution in [3.8, 4) is 0 Å². The van der Waals surface area contributed by atoms with Gasteiger partial charge < -0.3 is 20.1 Å². The first kappa shape index (κ1) is 15.2. The number of nitrogens with one attached hydrogen (secondary N) is 1. The fraction of sp³-hybridized carbons (Fsp3) is 0.538. The fourth-order valence-electron chi connectivity index (χ4n) is 1.94. The van der Waals surface area contributed by atoms with Gasteiger partial charge in [-0.15, -0.1) is 0 Å². The molecule has 0 saturated carbocycles. The Balaban J connectivity index is 2.83. The largest absolute Gasteiger partial charge is 0.479 e. The number of aromatic nitrogens is 1. The third-order valence-corrected chi connectivity index (χ3v) is 3.19. The number of carbonyl (C=O) groups is 2. The molecule has 1 heterocycles. The summed E-state index contributed by atoms with van der Waals surface area (Å²) >= 11 is 0. The highest BCUT2D eigenvalue weighted by atomic mass is 16.4. The molecule has 6 nitrogen and oxygen atoms in total. The van der Waals surface area contributed by atoms with Crippen LogP contribution in [0.2, 0.25) is 0 Å². The van der Waals surface area contributed by atoms with Crippen molar-refractivity contribution >= 4 is 11.9 Å². The second-order valence-corrected chi connectivity index (χ2v) is 4.79. The van der Waals surface area contributed by atoms with Crippen LogP contribution in [-0.4, -0.2) is 38.8 Å². The number of aliphatic hydroxyl groups is 1. The van der Waals surface area contributed by atoms with E-state index in [1.54, 1.807) is 6.07 Å². The van der Waals surface area contributed by atoms with Crippen LogP contribution in [0.5, 0.6) is 0 Å². The van der Waals surface area contributed by atoms with Gasteiger partial charge in [0.05, 0.1) is 12.1 Å². The minimum atomic E-state index is -1.97. The minimum Gasteiger partial charge on any atom is -0.479 e. The Hall–Kier alpha value is -1.82. The monoisotopic (exact) mass is 268 g/mol. The molecule has 1 atom stereocenters. The van der Waals surface area contributed by atoms with E-state index < -0.39 is 11.6 Å². The van der Waals surface area contributed by atoms with Crippen LogP contribution in [0.15, 0.2) is 6.07 Å². The van der Waals surface area contributed by atoms with Crippen LogP contribution in [0, 0.1) is 13.8 Å². The normalized spacial score (nSPS) is 13.9. The van der Waals surface area contributed by atoms with Crippen molar-refractivity contribution in [1.82, 2.24) is 9.88 Å². The summed E-state index contributed by atoms with van der Waals surface area (Å²) in [6, 6.07) is 1.75. The Morgan fingerprint density at radius 3 is 2.42 bits per heavy atom. The third kappa shape index (κ3) is 3.14. The van der Waals surface area contributed by atoms with Crippen molar-refractivity contribution in [2.75, 3.05) is 6.54 Å². The van der Waals surface area contributed by atoms with Crippen LogP contribution in [-0.2, 0) is 11.3 Å². The van der Waals surface area contributed by atoms with Crippen molar-refractivity contribution < 1.29 is 19.8 Å². The highest BCUT2D eigenvalue weighted by Gasteiger charge is 2.30. The zero-order valence-corrected chi connectivity index (χ0v) is 11.6. The second-order valence-electron chi connectivity index (χ2n) is 4.79. The molecule has 106 valence electrons. The van der Waals surface area contributed by atoms with Gasteiger partial charge in [-0.1, -0.05) is 0 Å². The van der Waals surface area contributed by atoms with E-state index in [0.717, 1.165) is 24.9 Å². The van der Waals surface area contributed by atoms with Gasteiger partial charge in [-0.3, -0.25) is 4.79 Å². The van der Waals surface area contributed by atoms with E-state index in [2.05, 4.69) is 5.32 Å². The lowest BCUT2D eigenvalue weighted by Gasteiger charge is -2.18. The second kappa shape index (κ2) is 5.44. The summed E-state index contributed by atoms with van der Waals surface area (Å²) in [5.74, 6) is -1.75. The average molecular weight is 268 g/mol. The summed E-state index contributed by atoms with van der Waals surface area (Å²) in [7, 11) is 0. The van der Waals surface area contributed by atoms with Crippen molar-refractivity contribution in [3.63, 3.8) is 0 Å². The maximum absolute atomic E-state index is 12.0. The van der Waals surface area contributed by atoms with E-state index in [-0.39, 0.29) is 12.5 Å². The number of hydrogen-bond donors (Lipinski definition) is 3. The molecule has 1 aromatic heterocycles. The van der Waals surface area contributed by atoms with Crippen LogP contribution in [0.4, 0.5) is 0 Å². The lowest BCUT2D eigenvalue weighted by Crippen LogP contribution is -2.46. The number of nitrogens with zero attached hydrogens (tertiary/aromatic N) is 1. The molecule has 0 aliphatic carbocycles. The first-order chi connectivity index (χ1) is 8.70. The van der Waals surface area contributed by atoms with Crippen molar-refractivity contribution in [2.24, 2.45) is 0 Å². The Labute approximate surface area is 112 Å². The number of rotatable bonds is 5. The summed E-state index contributed by atoms with van der Waals surface area (Å²) in [5.41, 5.74) is 0.328. The molecule has 0 bridgehead atoms. The summed E-state index contributed by atoms with van der Waals surface area (Å²) in [4.78, 5) is 22.7. The topological polar surface area (TPSA) is 91.6 Å². The highest BCUT2D eigenvalue weighted by molar-refractivity contribution is 5.96. The molecule has 19 heavy (non-hydrogen) atoms. The Kier molecular flexibility index (Phi) is 4.36. The maximum Gasteiger partial charge on any atom is 0.337 e. The fourth-order valence-corrected chi connectivity index (χ4v) is 1.94. The molecule has 0 aliphatic heterocycles. The Morgan fingerprint density at radius 1 is 1.42 bits per heavy atom. The van der Waals surface area contributed by atoms with Gasteiger partial charge in [0.1, 0.15) is 0 Å². The highest BCUT2D eigenvalue weighted by Crippen LogP contribution is 2.15. The zero-order chi connectivity index (χ0) is 14.8. The molecule has 6 heteroatoms. The number of amides is 1. The molecule has 0 fully saturated rings. The number of carboxylic acids is 1. The van der Waals surface area contributed by atoms with Gasteiger partial charge in [-0.2, -0.15) is 0 Å². The SMILES string of the molecule is CCn1c(C)cc(C(=O)NCC(C)(O)C(=O)O)c1C.